The van der Waals surface area contributed by atoms with Gasteiger partial charge in [0.1, 0.15) is 29.6 Å². The number of piperidine rings is 1. The quantitative estimate of drug-likeness (QED) is 0.0591. The Kier molecular flexibility index (Phi) is 17.9. The number of ether oxygens (including phenoxy) is 1. The van der Waals surface area contributed by atoms with Crippen molar-refractivity contribution in [3.8, 4) is 27.4 Å². The van der Waals surface area contributed by atoms with E-state index >= 15 is 0 Å². The molecule has 2 saturated heterocycles. The van der Waals surface area contributed by atoms with Crippen LogP contribution in [0.1, 0.15) is 139 Å². The van der Waals surface area contributed by atoms with Crippen LogP contribution < -0.4 is 25.6 Å². The van der Waals surface area contributed by atoms with Crippen molar-refractivity contribution in [2.45, 2.75) is 136 Å². The van der Waals surface area contributed by atoms with E-state index in [1.807, 2.05) is 112 Å². The Morgan fingerprint density at radius 3 is 2.45 bits per heavy atom. The minimum atomic E-state index is -0.859. The number of aliphatic hydroxyl groups is 1. The molecule has 1 saturated carbocycles. The van der Waals surface area contributed by atoms with Gasteiger partial charge in [0.15, 0.2) is 10.9 Å². The van der Waals surface area contributed by atoms with Crippen LogP contribution in [0.5, 0.6) is 5.88 Å². The van der Waals surface area contributed by atoms with Crippen molar-refractivity contribution in [2.75, 3.05) is 49.5 Å². The monoisotopic (exact) mass is 1210 g/mol. The molecule has 4 atom stereocenters. The minimum Gasteiger partial charge on any atom is -0.472 e. The highest BCUT2D eigenvalue weighted by Crippen LogP contribution is 2.37. The van der Waals surface area contributed by atoms with E-state index in [4.69, 9.17) is 19.3 Å². The summed E-state index contributed by atoms with van der Waals surface area (Å²) >= 11 is 3.03. The number of thiazole rings is 2. The van der Waals surface area contributed by atoms with Crippen molar-refractivity contribution in [2.24, 2.45) is 11.8 Å². The zero-order valence-electron chi connectivity index (χ0n) is 50.0. The molecule has 4 aliphatic rings. The number of carbonyl (C=O) groups excluding carboxylic acids is 4. The second-order valence-electron chi connectivity index (χ2n) is 24.2. The smallest absolute Gasteiger partial charge is 0.270 e. The molecule has 3 aliphatic heterocycles. The van der Waals surface area contributed by atoms with Gasteiger partial charge in [-0.25, -0.2) is 15.0 Å². The first-order chi connectivity index (χ1) is 42.2. The fraction of sp³-hybridized carbons (Fsp3) is 0.439. The average molecular weight is 1210 g/mol. The lowest BCUT2D eigenvalue weighted by Gasteiger charge is -2.32. The van der Waals surface area contributed by atoms with Crippen LogP contribution in [0.4, 0.5) is 10.9 Å². The molecule has 19 nitrogen and oxygen atoms in total. The first-order valence-electron chi connectivity index (χ1n) is 30.7. The lowest BCUT2D eigenvalue weighted by Crippen LogP contribution is -2.48. The van der Waals surface area contributed by atoms with Crippen LogP contribution >= 0.6 is 22.7 Å². The maximum atomic E-state index is 14.6. The van der Waals surface area contributed by atoms with E-state index in [1.54, 1.807) is 17.4 Å². The Morgan fingerprint density at radius 2 is 1.68 bits per heavy atom. The molecule has 3 aromatic carbocycles. The number of para-hydroxylation sites is 1. The van der Waals surface area contributed by atoms with Gasteiger partial charge in [-0.2, -0.15) is 5.10 Å². The van der Waals surface area contributed by atoms with E-state index in [-0.39, 0.29) is 60.5 Å². The molecule has 454 valence electrons. The predicted molar refractivity (Wildman–Crippen MR) is 337 cm³/mol. The number of hydrogen-bond acceptors (Lipinski definition) is 16. The summed E-state index contributed by atoms with van der Waals surface area (Å²) in [5.74, 6) is -0.245. The molecule has 4 amide bonds. The summed E-state index contributed by atoms with van der Waals surface area (Å²) in [6.45, 7) is 14.3. The molecule has 0 spiro atoms. The molecule has 1 aliphatic carbocycles. The minimum absolute atomic E-state index is 0.0294. The van der Waals surface area contributed by atoms with Crippen LogP contribution in [0, 0.1) is 25.7 Å². The van der Waals surface area contributed by atoms with Gasteiger partial charge in [0.05, 0.1) is 44.6 Å². The molecule has 12 rings (SSSR count). The number of nitrogens with zero attached hydrogens (tertiary/aromatic N) is 9. The normalized spacial score (nSPS) is 18.4. The SMILES string of the molecule is Cc1ncsc1-c1ccc([C@H](C)NC(=O)[C@@H]2C[C@@H](O)CN2C(=O)[C@@H](c2cc(OC3CCN(CCNC(=O)c4nc(N5CCc6cccc(C(=O)Nc7nc8ccccc8s7)c6C5)ccc4-c4cnn(CC5CCCCC5)c4C)CC3)no2)C(C)C)cc1. The van der Waals surface area contributed by atoms with Gasteiger partial charge in [-0.3, -0.25) is 29.2 Å². The van der Waals surface area contributed by atoms with E-state index in [9.17, 15) is 24.3 Å². The van der Waals surface area contributed by atoms with Gasteiger partial charge in [-0.15, -0.1) is 11.3 Å². The first kappa shape index (κ1) is 59.5. The Hall–Kier alpha value is -7.85. The molecule has 5 aromatic heterocycles. The summed E-state index contributed by atoms with van der Waals surface area (Å²) < 4.78 is 15.3. The molecule has 0 unspecified atom stereocenters. The molecular formula is C66H76N12O7S2. The number of aryl methyl sites for hydroxylation is 1. The van der Waals surface area contributed by atoms with Gasteiger partial charge >= 0.3 is 0 Å². The molecule has 8 aromatic rings. The molecule has 87 heavy (non-hydrogen) atoms. The Morgan fingerprint density at radius 1 is 0.874 bits per heavy atom. The van der Waals surface area contributed by atoms with Crippen LogP contribution in [-0.2, 0) is 29.1 Å². The summed E-state index contributed by atoms with van der Waals surface area (Å²) in [5, 5.41) is 29.9. The summed E-state index contributed by atoms with van der Waals surface area (Å²) in [6.07, 6.45) is 9.29. The van der Waals surface area contributed by atoms with Crippen molar-refractivity contribution < 1.29 is 33.5 Å². The van der Waals surface area contributed by atoms with Crippen molar-refractivity contribution in [3.63, 3.8) is 0 Å². The third-order valence-electron chi connectivity index (χ3n) is 17.9. The van der Waals surface area contributed by atoms with E-state index in [1.165, 1.54) is 48.3 Å². The van der Waals surface area contributed by atoms with E-state index in [0.29, 0.717) is 79.3 Å². The second-order valence-corrected chi connectivity index (χ2v) is 26.1. The molecule has 4 N–H and O–H groups in total. The van der Waals surface area contributed by atoms with Crippen molar-refractivity contribution in [1.29, 1.82) is 0 Å². The van der Waals surface area contributed by atoms with Gasteiger partial charge < -0.3 is 39.7 Å². The maximum Gasteiger partial charge on any atom is 0.270 e. The number of hydrogen-bond donors (Lipinski definition) is 4. The first-order valence-corrected chi connectivity index (χ1v) is 32.4. The van der Waals surface area contributed by atoms with E-state index in [0.717, 1.165) is 79.5 Å². The summed E-state index contributed by atoms with van der Waals surface area (Å²) in [5.41, 5.74) is 11.2. The van der Waals surface area contributed by atoms with Crippen molar-refractivity contribution in [3.05, 3.63) is 142 Å². The number of nitrogens with one attached hydrogen (secondary N) is 3. The van der Waals surface area contributed by atoms with Crippen molar-refractivity contribution >= 4 is 67.5 Å². The number of likely N-dealkylation sites (tertiary alicyclic amines) is 2. The van der Waals surface area contributed by atoms with Gasteiger partial charge in [0, 0.05) is 87.2 Å². The Labute approximate surface area is 514 Å². The zero-order valence-corrected chi connectivity index (χ0v) is 51.7. The van der Waals surface area contributed by atoms with Gasteiger partial charge in [-0.05, 0) is 122 Å². The summed E-state index contributed by atoms with van der Waals surface area (Å²) in [6, 6.07) is 26.2. The molecule has 8 heterocycles. The van der Waals surface area contributed by atoms with Crippen LogP contribution in [0.25, 0.3) is 31.8 Å². The van der Waals surface area contributed by atoms with E-state index in [2.05, 4.69) is 58.5 Å². The number of carbonyl (C=O) groups is 4. The number of aliphatic hydroxyl groups excluding tert-OH is 1. The van der Waals surface area contributed by atoms with E-state index < -0.39 is 18.1 Å². The highest BCUT2D eigenvalue weighted by molar-refractivity contribution is 7.22. The number of rotatable bonds is 19. The number of amides is 4. The Balaban J connectivity index is 0.669. The number of anilines is 2. The Bertz CT molecular complexity index is 3730. The van der Waals surface area contributed by atoms with Gasteiger partial charge in [-0.1, -0.05) is 93.0 Å². The third kappa shape index (κ3) is 13.2. The molecule has 3 fully saturated rings. The van der Waals surface area contributed by atoms with Crippen molar-refractivity contribution in [1.82, 2.24) is 50.3 Å². The van der Waals surface area contributed by atoms with Crippen LogP contribution in [0.15, 0.2) is 101 Å². The molecule has 0 bridgehead atoms. The van der Waals surface area contributed by atoms with Gasteiger partial charge in [0.25, 0.3) is 17.7 Å². The second kappa shape index (κ2) is 26.2. The molecule has 0 radical (unpaired) electrons. The number of fused-ring (bicyclic) bond motifs is 2. The predicted octanol–water partition coefficient (Wildman–Crippen LogP) is 10.5. The van der Waals surface area contributed by atoms with Crippen LogP contribution in [0.3, 0.4) is 0 Å². The average Bonchev–Trinajstić information content (AvgIpc) is 2.26. The lowest BCUT2D eigenvalue weighted by molar-refractivity contribution is -0.141. The largest absolute Gasteiger partial charge is 0.472 e. The number of pyridine rings is 1. The topological polar surface area (TPSA) is 226 Å². The highest BCUT2D eigenvalue weighted by atomic mass is 32.1. The standard InChI is InChI=1S/C66H76N12O7S2/c1-39(2)59(65(83)77-36-47(79)32-54(77)63(81)70-40(3)44-18-20-46(21-19-44)61-41(4)68-38-86-61)55-33-58(74-85-55)84-48-25-28-75(29-26-48)31-27-67-64(82)60-49(51-34-69-78(42(51)5)35-43-12-7-6-8-13-43)22-23-57(72-60)76-30-24-45-14-11-15-50(52(45)37-76)62(80)73-66-71-53-16-9-10-17-56(53)87-66/h9-11,14-23,33-34,38-40,43,47-48,54,59,79H,6-8,12-13,24-32,35-37H2,1-5H3,(H,67,82)(H,70,81)(H,71,73,80)/t40-,47+,54-,59+/m0/s1. The third-order valence-corrected chi connectivity index (χ3v) is 19.9. The molecular weight excluding hydrogens is 1140 g/mol. The summed E-state index contributed by atoms with van der Waals surface area (Å²) in [4.78, 5) is 78.1. The zero-order chi connectivity index (χ0) is 60.3. The highest BCUT2D eigenvalue weighted by Gasteiger charge is 2.44. The molecule has 21 heteroatoms. The lowest BCUT2D eigenvalue weighted by atomic mass is 9.89. The number of β-amino-alcohol motifs (C(OH)–C–C–N with tert-alkyl or cyclic N) is 1. The van der Waals surface area contributed by atoms with Gasteiger partial charge in [0.2, 0.25) is 11.8 Å². The number of benzene rings is 3. The van der Waals surface area contributed by atoms with Crippen LogP contribution in [-0.4, -0.2) is 126 Å². The number of aromatic nitrogens is 6. The fourth-order valence-electron chi connectivity index (χ4n) is 13.0. The van der Waals surface area contributed by atoms with Crippen LogP contribution in [0.2, 0.25) is 0 Å². The fourth-order valence-corrected chi connectivity index (χ4v) is 14.7. The maximum absolute atomic E-state index is 14.6. The summed E-state index contributed by atoms with van der Waals surface area (Å²) in [7, 11) is 0.